The van der Waals surface area contributed by atoms with Crippen molar-refractivity contribution in [3.8, 4) is 5.75 Å². The number of nitrogens with one attached hydrogen (secondary N) is 1. The van der Waals surface area contributed by atoms with Gasteiger partial charge in [-0.15, -0.1) is 0 Å². The summed E-state index contributed by atoms with van der Waals surface area (Å²) in [5.41, 5.74) is 1.18. The maximum Gasteiger partial charge on any atom is 0.178 e. The van der Waals surface area contributed by atoms with Crippen molar-refractivity contribution in [1.82, 2.24) is 0 Å². The summed E-state index contributed by atoms with van der Waals surface area (Å²) in [6.45, 7) is 3.89. The van der Waals surface area contributed by atoms with Gasteiger partial charge in [0.25, 0.3) is 0 Å². The zero-order chi connectivity index (χ0) is 14.3. The molecule has 0 aromatic heterocycles. The lowest BCUT2D eigenvalue weighted by Crippen LogP contribution is -3.16. The number of Topliss-reactive ketones (excluding diaryl/α,β-unsaturated/α-hetero) is 1. The maximum absolute atomic E-state index is 12.9. The van der Waals surface area contributed by atoms with Crippen molar-refractivity contribution < 1.29 is 19.9 Å². The minimum Gasteiger partial charge on any atom is -0.507 e. The second-order valence-electron chi connectivity index (χ2n) is 6.12. The molecule has 0 spiro atoms. The van der Waals surface area contributed by atoms with E-state index in [-0.39, 0.29) is 23.5 Å². The number of carbonyl (C=O) groups excluding carboxylic acids is 1. The van der Waals surface area contributed by atoms with Gasteiger partial charge in [-0.3, -0.25) is 4.79 Å². The number of rotatable bonds is 2. The smallest absolute Gasteiger partial charge is 0.178 e. The molecule has 0 amide bonds. The fraction of sp³-hybridized carbons (Fsp3) is 0.562. The number of phenols is 1. The van der Waals surface area contributed by atoms with E-state index >= 15 is 0 Å². The number of carbonyl (C=O) groups is 1. The van der Waals surface area contributed by atoms with Gasteiger partial charge in [0.15, 0.2) is 5.78 Å². The maximum atomic E-state index is 12.9. The van der Waals surface area contributed by atoms with Crippen molar-refractivity contribution in [2.45, 2.75) is 38.3 Å². The van der Waals surface area contributed by atoms with Crippen molar-refractivity contribution >= 4 is 5.78 Å². The first-order chi connectivity index (χ1) is 9.59. The molecular formula is C16H22NO3+. The number of hydrogen-bond donors (Lipinski definition) is 3. The molecule has 2 saturated heterocycles. The summed E-state index contributed by atoms with van der Waals surface area (Å²) in [7, 11) is 0. The molecule has 20 heavy (non-hydrogen) atoms. The molecule has 0 aliphatic carbocycles. The molecule has 1 aromatic carbocycles. The molecule has 0 radical (unpaired) electrons. The highest BCUT2D eigenvalue weighted by Gasteiger charge is 2.47. The molecular weight excluding hydrogens is 254 g/mol. The molecule has 0 bridgehead atoms. The van der Waals surface area contributed by atoms with E-state index in [1.165, 1.54) is 4.90 Å². The molecule has 2 heterocycles. The summed E-state index contributed by atoms with van der Waals surface area (Å²) >= 11 is 0. The number of aliphatic hydroxyl groups excluding tert-OH is 1. The number of aromatic hydroxyl groups is 1. The van der Waals surface area contributed by atoms with E-state index < -0.39 is 6.10 Å². The van der Waals surface area contributed by atoms with Crippen molar-refractivity contribution in [1.29, 1.82) is 0 Å². The van der Waals surface area contributed by atoms with Gasteiger partial charge >= 0.3 is 0 Å². The Morgan fingerprint density at radius 1 is 1.30 bits per heavy atom. The van der Waals surface area contributed by atoms with Crippen molar-refractivity contribution in [2.75, 3.05) is 13.1 Å². The number of fused-ring (bicyclic) bond motifs is 1. The lowest BCUT2D eigenvalue weighted by molar-refractivity contribution is -0.921. The summed E-state index contributed by atoms with van der Waals surface area (Å²) in [5.74, 6) is -0.419. The van der Waals surface area contributed by atoms with Gasteiger partial charge in [-0.05, 0) is 18.6 Å². The molecule has 4 nitrogen and oxygen atoms in total. The first kappa shape index (κ1) is 13.6. The average Bonchev–Trinajstić information content (AvgIpc) is 2.86. The van der Waals surface area contributed by atoms with E-state index in [1.807, 2.05) is 13.0 Å². The summed E-state index contributed by atoms with van der Waals surface area (Å²) in [4.78, 5) is 14.3. The highest BCUT2D eigenvalue weighted by Crippen LogP contribution is 2.30. The lowest BCUT2D eigenvalue weighted by atomic mass is 9.80. The number of ketones is 1. The molecule has 4 heteroatoms. The number of phenolic OH excluding ortho intramolecular Hbond substituents is 1. The van der Waals surface area contributed by atoms with Gasteiger partial charge in [0.1, 0.15) is 17.7 Å². The Hall–Kier alpha value is -1.39. The zero-order valence-electron chi connectivity index (χ0n) is 11.8. The monoisotopic (exact) mass is 276 g/mol. The van der Waals surface area contributed by atoms with Gasteiger partial charge in [-0.1, -0.05) is 12.1 Å². The van der Waals surface area contributed by atoms with Crippen LogP contribution in [0.2, 0.25) is 0 Å². The van der Waals surface area contributed by atoms with E-state index in [0.717, 1.165) is 31.5 Å². The first-order valence-corrected chi connectivity index (χ1v) is 7.45. The molecule has 3 rings (SSSR count). The number of aryl methyl sites for hydroxylation is 1. The quantitative estimate of drug-likeness (QED) is 0.681. The highest BCUT2D eigenvalue weighted by atomic mass is 16.3. The summed E-state index contributed by atoms with van der Waals surface area (Å²) in [5, 5.41) is 20.3. The third kappa shape index (κ3) is 2.13. The van der Waals surface area contributed by atoms with Gasteiger partial charge in [0, 0.05) is 19.3 Å². The van der Waals surface area contributed by atoms with E-state index in [2.05, 4.69) is 0 Å². The largest absolute Gasteiger partial charge is 0.507 e. The van der Waals surface area contributed by atoms with Crippen LogP contribution in [-0.4, -0.2) is 41.2 Å². The summed E-state index contributed by atoms with van der Waals surface area (Å²) in [6, 6.07) is 5.34. The van der Waals surface area contributed by atoms with E-state index in [4.69, 9.17) is 0 Å². The Balaban J connectivity index is 1.96. The average molecular weight is 276 g/mol. The van der Waals surface area contributed by atoms with E-state index in [0.29, 0.717) is 12.0 Å². The van der Waals surface area contributed by atoms with E-state index in [9.17, 15) is 15.0 Å². The van der Waals surface area contributed by atoms with Gasteiger partial charge < -0.3 is 15.1 Å². The Kier molecular flexibility index (Phi) is 3.52. The first-order valence-electron chi connectivity index (χ1n) is 7.45. The van der Waals surface area contributed by atoms with Crippen LogP contribution in [0, 0.1) is 12.8 Å². The normalized spacial score (nSPS) is 32.9. The van der Waals surface area contributed by atoms with Crippen LogP contribution in [0.4, 0.5) is 0 Å². The van der Waals surface area contributed by atoms with Crippen LogP contribution in [0.3, 0.4) is 0 Å². The van der Waals surface area contributed by atoms with Crippen molar-refractivity contribution in [2.24, 2.45) is 5.92 Å². The van der Waals surface area contributed by atoms with Crippen molar-refractivity contribution in [3.05, 3.63) is 29.3 Å². The molecule has 4 atom stereocenters. The standard InChI is InChI=1S/C16H21NO3/c1-10-4-2-6-12(18)14(10)16(20)15-11-5-3-8-17(11)9-7-13(15)19/h2,4,6,11,13,15,18-19H,3,5,7-9H2,1H3/p+1/t11-,13+,15-/m1/s1. The fourth-order valence-corrected chi connectivity index (χ4v) is 3.96. The zero-order valence-corrected chi connectivity index (χ0v) is 11.8. The predicted molar refractivity (Wildman–Crippen MR) is 75.0 cm³/mol. The van der Waals surface area contributed by atoms with Gasteiger partial charge in [0.2, 0.25) is 0 Å². The van der Waals surface area contributed by atoms with Crippen LogP contribution < -0.4 is 4.90 Å². The molecule has 2 aliphatic heterocycles. The van der Waals surface area contributed by atoms with Crippen LogP contribution in [0.25, 0.3) is 0 Å². The highest BCUT2D eigenvalue weighted by molar-refractivity contribution is 6.02. The van der Waals surface area contributed by atoms with Crippen LogP contribution in [-0.2, 0) is 0 Å². The summed E-state index contributed by atoms with van der Waals surface area (Å²) < 4.78 is 0. The fourth-order valence-electron chi connectivity index (χ4n) is 3.96. The van der Waals surface area contributed by atoms with Gasteiger partial charge in [-0.25, -0.2) is 0 Å². The van der Waals surface area contributed by atoms with E-state index in [1.54, 1.807) is 12.1 Å². The minimum atomic E-state index is -0.576. The molecule has 3 N–H and O–H groups in total. The van der Waals surface area contributed by atoms with Crippen LogP contribution in [0.15, 0.2) is 18.2 Å². The Bertz CT molecular complexity index is 508. The van der Waals surface area contributed by atoms with Crippen LogP contribution >= 0.6 is 0 Å². The number of piperidine rings is 1. The van der Waals surface area contributed by atoms with Gasteiger partial charge in [-0.2, -0.15) is 0 Å². The SMILES string of the molecule is Cc1cccc(O)c1C(=O)[C@@H]1[C@H]2CCC[NH+]2CC[C@@H]1O. The molecule has 108 valence electrons. The topological polar surface area (TPSA) is 62.0 Å². The minimum absolute atomic E-state index is 0.0346. The van der Waals surface area contributed by atoms with Crippen LogP contribution in [0.5, 0.6) is 5.75 Å². The third-order valence-electron chi connectivity index (χ3n) is 4.95. The number of hydrogen-bond acceptors (Lipinski definition) is 3. The van der Waals surface area contributed by atoms with Crippen LogP contribution in [0.1, 0.15) is 35.2 Å². The summed E-state index contributed by atoms with van der Waals surface area (Å²) in [6.07, 6.45) is 2.22. The number of benzene rings is 1. The molecule has 1 unspecified atom stereocenters. The third-order valence-corrected chi connectivity index (χ3v) is 4.95. The second-order valence-corrected chi connectivity index (χ2v) is 6.12. The van der Waals surface area contributed by atoms with Gasteiger partial charge in [0.05, 0.1) is 24.8 Å². The lowest BCUT2D eigenvalue weighted by Gasteiger charge is -2.36. The number of aliphatic hydroxyl groups is 1. The van der Waals surface area contributed by atoms with Crippen molar-refractivity contribution in [3.63, 3.8) is 0 Å². The number of quaternary nitrogens is 1. The molecule has 2 fully saturated rings. The Morgan fingerprint density at radius 3 is 2.85 bits per heavy atom. The predicted octanol–water partition coefficient (Wildman–Crippen LogP) is 0.311. The molecule has 2 aliphatic rings. The molecule has 1 aromatic rings. The Morgan fingerprint density at radius 2 is 2.10 bits per heavy atom. The Labute approximate surface area is 119 Å². The second kappa shape index (κ2) is 5.19. The molecule has 0 saturated carbocycles.